The van der Waals surface area contributed by atoms with Gasteiger partial charge in [-0.15, -0.1) is 11.3 Å². The Balaban J connectivity index is 2.08. The van der Waals surface area contributed by atoms with Crippen LogP contribution in [0.4, 0.5) is 5.69 Å². The predicted molar refractivity (Wildman–Crippen MR) is 65.4 cm³/mol. The number of anilines is 1. The van der Waals surface area contributed by atoms with E-state index in [2.05, 4.69) is 47.7 Å². The van der Waals surface area contributed by atoms with Crippen LogP contribution < -0.4 is 5.32 Å². The molecule has 0 radical (unpaired) electrons. The lowest BCUT2D eigenvalue weighted by atomic mass is 10.1. The van der Waals surface area contributed by atoms with Gasteiger partial charge in [-0.2, -0.15) is 0 Å². The van der Waals surface area contributed by atoms with Crippen molar-refractivity contribution in [1.29, 1.82) is 0 Å². The lowest BCUT2D eigenvalue weighted by Gasteiger charge is -2.09. The Morgan fingerprint density at radius 3 is 2.93 bits per heavy atom. The molecule has 2 nitrogen and oxygen atoms in total. The molecule has 2 rings (SSSR count). The molecular weight excluding hydrogens is 204 g/mol. The van der Waals surface area contributed by atoms with Gasteiger partial charge in [0, 0.05) is 11.1 Å². The van der Waals surface area contributed by atoms with E-state index in [0.29, 0.717) is 0 Å². The Bertz CT molecular complexity index is 435. The van der Waals surface area contributed by atoms with Crippen molar-refractivity contribution >= 4 is 17.0 Å². The van der Waals surface area contributed by atoms with Crippen molar-refractivity contribution in [2.24, 2.45) is 0 Å². The van der Waals surface area contributed by atoms with Gasteiger partial charge in [-0.3, -0.25) is 0 Å². The second-order valence-corrected chi connectivity index (χ2v) is 4.30. The van der Waals surface area contributed by atoms with E-state index in [1.807, 2.05) is 5.51 Å². The molecule has 0 atom stereocenters. The number of aryl methyl sites for hydroxylation is 1. The molecule has 0 amide bonds. The van der Waals surface area contributed by atoms with Crippen LogP contribution in [0.15, 0.2) is 29.1 Å². The predicted octanol–water partition coefficient (Wildman–Crippen LogP) is 3.37. The summed E-state index contributed by atoms with van der Waals surface area (Å²) in [6.07, 6.45) is 0. The number of nitrogens with zero attached hydrogens (tertiary/aromatic N) is 1. The molecule has 0 aliphatic heterocycles. The molecule has 1 aromatic carbocycles. The standard InChI is InChI=1S/C12H14N2S/c1-9-4-3-5-12(10(9)2)13-6-11-7-15-8-14-11/h3-5,7-8,13H,6H2,1-2H3. The van der Waals surface area contributed by atoms with Gasteiger partial charge in [0.25, 0.3) is 0 Å². The number of thiazole rings is 1. The second-order valence-electron chi connectivity index (χ2n) is 3.58. The molecule has 78 valence electrons. The smallest absolute Gasteiger partial charge is 0.0795 e. The van der Waals surface area contributed by atoms with E-state index in [4.69, 9.17) is 0 Å². The molecule has 0 aliphatic rings. The molecule has 0 saturated carbocycles. The molecule has 0 unspecified atom stereocenters. The number of aromatic nitrogens is 1. The molecular formula is C12H14N2S. The second kappa shape index (κ2) is 4.45. The minimum Gasteiger partial charge on any atom is -0.379 e. The third-order valence-corrected chi connectivity index (χ3v) is 3.18. The fourth-order valence-electron chi connectivity index (χ4n) is 1.45. The van der Waals surface area contributed by atoms with E-state index < -0.39 is 0 Å². The van der Waals surface area contributed by atoms with E-state index in [-0.39, 0.29) is 0 Å². The zero-order valence-corrected chi connectivity index (χ0v) is 9.77. The van der Waals surface area contributed by atoms with E-state index in [1.165, 1.54) is 16.8 Å². The molecule has 1 heterocycles. The van der Waals surface area contributed by atoms with Crippen LogP contribution in [0.2, 0.25) is 0 Å². The topological polar surface area (TPSA) is 24.9 Å². The molecule has 0 aliphatic carbocycles. The van der Waals surface area contributed by atoms with Crippen molar-refractivity contribution in [2.45, 2.75) is 20.4 Å². The highest BCUT2D eigenvalue weighted by Crippen LogP contribution is 2.18. The van der Waals surface area contributed by atoms with Gasteiger partial charge in [-0.25, -0.2) is 4.98 Å². The first-order chi connectivity index (χ1) is 7.27. The summed E-state index contributed by atoms with van der Waals surface area (Å²) in [5.41, 5.74) is 6.79. The van der Waals surface area contributed by atoms with Crippen molar-refractivity contribution in [3.05, 3.63) is 45.9 Å². The van der Waals surface area contributed by atoms with E-state index in [9.17, 15) is 0 Å². The molecule has 1 aromatic heterocycles. The molecule has 1 N–H and O–H groups in total. The minimum absolute atomic E-state index is 0.799. The largest absolute Gasteiger partial charge is 0.379 e. The molecule has 2 aromatic rings. The first kappa shape index (κ1) is 10.2. The van der Waals surface area contributed by atoms with Crippen LogP contribution in [-0.4, -0.2) is 4.98 Å². The summed E-state index contributed by atoms with van der Waals surface area (Å²) < 4.78 is 0. The highest BCUT2D eigenvalue weighted by Gasteiger charge is 2.00. The van der Waals surface area contributed by atoms with E-state index >= 15 is 0 Å². The first-order valence-corrected chi connectivity index (χ1v) is 5.89. The molecule has 3 heteroatoms. The number of rotatable bonds is 3. The molecule has 0 saturated heterocycles. The molecule has 15 heavy (non-hydrogen) atoms. The number of hydrogen-bond donors (Lipinski definition) is 1. The molecule has 0 bridgehead atoms. The van der Waals surface area contributed by atoms with Crippen LogP contribution in [0.1, 0.15) is 16.8 Å². The van der Waals surface area contributed by atoms with Gasteiger partial charge in [0.05, 0.1) is 17.7 Å². The van der Waals surface area contributed by atoms with Crippen LogP contribution in [-0.2, 0) is 6.54 Å². The average molecular weight is 218 g/mol. The summed E-state index contributed by atoms with van der Waals surface area (Å²) in [6.45, 7) is 5.07. The van der Waals surface area contributed by atoms with Crippen molar-refractivity contribution in [3.63, 3.8) is 0 Å². The zero-order chi connectivity index (χ0) is 10.7. The third-order valence-electron chi connectivity index (χ3n) is 2.55. The van der Waals surface area contributed by atoms with Crippen LogP contribution in [0.25, 0.3) is 0 Å². The Morgan fingerprint density at radius 1 is 1.33 bits per heavy atom. The minimum atomic E-state index is 0.799. The first-order valence-electron chi connectivity index (χ1n) is 4.94. The van der Waals surface area contributed by atoms with Crippen LogP contribution in [0.5, 0.6) is 0 Å². The molecule has 0 spiro atoms. The summed E-state index contributed by atoms with van der Waals surface area (Å²) in [4.78, 5) is 4.24. The Morgan fingerprint density at radius 2 is 2.20 bits per heavy atom. The third kappa shape index (κ3) is 2.36. The normalized spacial score (nSPS) is 10.3. The number of benzene rings is 1. The van der Waals surface area contributed by atoms with Gasteiger partial charge in [0.15, 0.2) is 0 Å². The van der Waals surface area contributed by atoms with Crippen LogP contribution in [0, 0.1) is 13.8 Å². The van der Waals surface area contributed by atoms with Crippen molar-refractivity contribution in [1.82, 2.24) is 4.98 Å². The van der Waals surface area contributed by atoms with Crippen LogP contribution in [0.3, 0.4) is 0 Å². The summed E-state index contributed by atoms with van der Waals surface area (Å²) in [5, 5.41) is 5.47. The SMILES string of the molecule is Cc1cccc(NCc2cscn2)c1C. The maximum absolute atomic E-state index is 4.24. The van der Waals surface area contributed by atoms with Crippen molar-refractivity contribution in [2.75, 3.05) is 5.32 Å². The highest BCUT2D eigenvalue weighted by molar-refractivity contribution is 7.07. The summed E-state index contributed by atoms with van der Waals surface area (Å²) >= 11 is 1.63. The fraction of sp³-hybridized carbons (Fsp3) is 0.250. The molecule has 0 fully saturated rings. The maximum Gasteiger partial charge on any atom is 0.0795 e. The summed E-state index contributed by atoms with van der Waals surface area (Å²) in [6, 6.07) is 6.31. The summed E-state index contributed by atoms with van der Waals surface area (Å²) in [5.74, 6) is 0. The fourth-order valence-corrected chi connectivity index (χ4v) is 2.01. The maximum atomic E-state index is 4.24. The lowest BCUT2D eigenvalue weighted by Crippen LogP contribution is -2.01. The van der Waals surface area contributed by atoms with E-state index in [1.54, 1.807) is 11.3 Å². The van der Waals surface area contributed by atoms with Gasteiger partial charge in [-0.05, 0) is 31.0 Å². The Hall–Kier alpha value is -1.35. The van der Waals surface area contributed by atoms with Gasteiger partial charge in [0.2, 0.25) is 0 Å². The zero-order valence-electron chi connectivity index (χ0n) is 8.95. The van der Waals surface area contributed by atoms with Gasteiger partial charge < -0.3 is 5.32 Å². The van der Waals surface area contributed by atoms with Crippen LogP contribution >= 0.6 is 11.3 Å². The van der Waals surface area contributed by atoms with Gasteiger partial charge in [0.1, 0.15) is 0 Å². The number of hydrogen-bond acceptors (Lipinski definition) is 3. The highest BCUT2D eigenvalue weighted by atomic mass is 32.1. The van der Waals surface area contributed by atoms with Crippen molar-refractivity contribution in [3.8, 4) is 0 Å². The quantitative estimate of drug-likeness (QED) is 0.854. The van der Waals surface area contributed by atoms with Gasteiger partial charge >= 0.3 is 0 Å². The Labute approximate surface area is 94.0 Å². The van der Waals surface area contributed by atoms with Gasteiger partial charge in [-0.1, -0.05) is 12.1 Å². The monoisotopic (exact) mass is 218 g/mol. The number of nitrogens with one attached hydrogen (secondary N) is 1. The average Bonchev–Trinajstić information content (AvgIpc) is 2.73. The Kier molecular flexibility index (Phi) is 3.02. The van der Waals surface area contributed by atoms with Crippen molar-refractivity contribution < 1.29 is 0 Å². The van der Waals surface area contributed by atoms with E-state index in [0.717, 1.165) is 12.2 Å². The summed E-state index contributed by atoms with van der Waals surface area (Å²) in [7, 11) is 0. The lowest BCUT2D eigenvalue weighted by molar-refractivity contribution is 1.07.